The van der Waals surface area contributed by atoms with Crippen molar-refractivity contribution in [3.05, 3.63) is 46.6 Å². The van der Waals surface area contributed by atoms with Gasteiger partial charge in [0.2, 0.25) is 0 Å². The fraction of sp³-hybridized carbons (Fsp3) is 0.600. The van der Waals surface area contributed by atoms with Crippen LogP contribution in [-0.2, 0) is 9.59 Å². The van der Waals surface area contributed by atoms with Gasteiger partial charge in [0.1, 0.15) is 11.8 Å². The number of hydrogen-bond acceptors (Lipinski definition) is 4. The Morgan fingerprint density at radius 2 is 1.33 bits per heavy atom. The van der Waals surface area contributed by atoms with E-state index in [9.17, 15) is 14.7 Å². The summed E-state index contributed by atoms with van der Waals surface area (Å²) in [7, 11) is 0. The number of carbonyl (C=O) groups excluding carboxylic acids is 1. The Hall–Kier alpha value is -1.59. The number of nitrogens with one attached hydrogen (secondary N) is 1. The standard InChI is InChI=1S/C25H41NO3S/c1-17(2)10-8-12-19(5)14-22(21(7)27)23(26-24(16-30)25(28)29)15-20(6)13-9-11-18(3)4/h10-11,14-15,22-24,26,30H,8-9,12-13,16H2,1-7H3,(H,28,29)/b19-14+,20-15+/t22?,23?,24-/m0/s1. The average Bonchev–Trinajstić information content (AvgIpc) is 2.62. The lowest BCUT2D eigenvalue weighted by Gasteiger charge is -2.26. The second-order valence-corrected chi connectivity index (χ2v) is 8.93. The Morgan fingerprint density at radius 3 is 1.70 bits per heavy atom. The number of carbonyl (C=O) groups is 2. The van der Waals surface area contributed by atoms with Gasteiger partial charge < -0.3 is 5.11 Å². The molecule has 0 aliphatic heterocycles. The van der Waals surface area contributed by atoms with Crippen molar-refractivity contribution >= 4 is 24.4 Å². The first-order valence-electron chi connectivity index (χ1n) is 10.7. The molecule has 0 saturated heterocycles. The molecule has 0 spiro atoms. The molecule has 0 aromatic heterocycles. The number of aliphatic carboxylic acids is 1. The zero-order valence-electron chi connectivity index (χ0n) is 19.8. The summed E-state index contributed by atoms with van der Waals surface area (Å²) in [5.41, 5.74) is 4.82. The molecule has 3 atom stereocenters. The Kier molecular flexibility index (Phi) is 14.4. The molecule has 0 fully saturated rings. The fourth-order valence-corrected chi connectivity index (χ4v) is 3.38. The van der Waals surface area contributed by atoms with Crippen molar-refractivity contribution < 1.29 is 14.7 Å². The predicted octanol–water partition coefficient (Wildman–Crippen LogP) is 5.92. The van der Waals surface area contributed by atoms with Crippen molar-refractivity contribution in [1.82, 2.24) is 5.32 Å². The first-order valence-corrected chi connectivity index (χ1v) is 11.3. The molecule has 4 nitrogen and oxygen atoms in total. The molecule has 30 heavy (non-hydrogen) atoms. The highest BCUT2D eigenvalue weighted by molar-refractivity contribution is 7.80. The number of allylic oxidation sites excluding steroid dienone is 6. The molecular weight excluding hydrogens is 394 g/mol. The molecule has 0 radical (unpaired) electrons. The third-order valence-corrected chi connectivity index (χ3v) is 5.21. The summed E-state index contributed by atoms with van der Waals surface area (Å²) in [6.07, 6.45) is 12.0. The monoisotopic (exact) mass is 435 g/mol. The van der Waals surface area contributed by atoms with Crippen molar-refractivity contribution in [2.45, 2.75) is 86.2 Å². The maximum Gasteiger partial charge on any atom is 0.321 e. The molecule has 0 rings (SSSR count). The van der Waals surface area contributed by atoms with E-state index in [0.717, 1.165) is 36.8 Å². The summed E-state index contributed by atoms with van der Waals surface area (Å²) in [6.45, 7) is 13.9. The van der Waals surface area contributed by atoms with Gasteiger partial charge in [-0.3, -0.25) is 14.9 Å². The first-order chi connectivity index (χ1) is 14.0. The fourth-order valence-electron chi connectivity index (χ4n) is 3.12. The van der Waals surface area contributed by atoms with Crippen molar-refractivity contribution in [3.8, 4) is 0 Å². The quantitative estimate of drug-likeness (QED) is 0.234. The maximum atomic E-state index is 12.5. The van der Waals surface area contributed by atoms with Gasteiger partial charge in [0, 0.05) is 11.8 Å². The molecule has 2 N–H and O–H groups in total. The van der Waals surface area contributed by atoms with E-state index in [1.807, 2.05) is 26.0 Å². The molecule has 170 valence electrons. The highest BCUT2D eigenvalue weighted by Crippen LogP contribution is 2.19. The number of carboxylic acid groups (broad SMARTS) is 1. The van der Waals surface area contributed by atoms with Crippen LogP contribution in [0.5, 0.6) is 0 Å². The molecule has 0 aliphatic rings. The van der Waals surface area contributed by atoms with Crippen LogP contribution in [0.15, 0.2) is 46.6 Å². The smallest absolute Gasteiger partial charge is 0.321 e. The highest BCUT2D eigenvalue weighted by atomic mass is 32.1. The lowest BCUT2D eigenvalue weighted by molar-refractivity contribution is -0.139. The second kappa shape index (κ2) is 15.2. The van der Waals surface area contributed by atoms with Gasteiger partial charge >= 0.3 is 5.97 Å². The first kappa shape index (κ1) is 28.4. The lowest BCUT2D eigenvalue weighted by Crippen LogP contribution is -2.48. The zero-order valence-corrected chi connectivity index (χ0v) is 20.7. The van der Waals surface area contributed by atoms with Gasteiger partial charge in [0.05, 0.1) is 5.92 Å². The third kappa shape index (κ3) is 12.9. The van der Waals surface area contributed by atoms with Crippen molar-refractivity contribution in [1.29, 1.82) is 0 Å². The molecule has 0 amide bonds. The van der Waals surface area contributed by atoms with E-state index < -0.39 is 17.9 Å². The van der Waals surface area contributed by atoms with Crippen LogP contribution in [0.25, 0.3) is 0 Å². The summed E-state index contributed by atoms with van der Waals surface area (Å²) in [6, 6.07) is -1.21. The molecular formula is C25H41NO3S. The molecule has 2 unspecified atom stereocenters. The van der Waals surface area contributed by atoms with Gasteiger partial charge in [0.15, 0.2) is 0 Å². The van der Waals surface area contributed by atoms with Gasteiger partial charge in [-0.15, -0.1) is 0 Å². The SMILES string of the molecule is CC(=O)C(/C=C(\C)CCC=C(C)C)C(/C=C(\C)CCC=C(C)C)N[C@@H](CS)C(=O)O. The van der Waals surface area contributed by atoms with Gasteiger partial charge in [-0.1, -0.05) is 46.6 Å². The van der Waals surface area contributed by atoms with Crippen molar-refractivity contribution in [2.75, 3.05) is 5.75 Å². The summed E-state index contributed by atoms with van der Waals surface area (Å²) in [4.78, 5) is 24.1. The van der Waals surface area contributed by atoms with Gasteiger partial charge in [0.25, 0.3) is 0 Å². The number of ketones is 1. The molecule has 5 heteroatoms. The lowest BCUT2D eigenvalue weighted by atomic mass is 9.90. The minimum absolute atomic E-state index is 0.0192. The molecule has 0 aliphatic carbocycles. The van der Waals surface area contributed by atoms with Crippen LogP contribution in [0.2, 0.25) is 0 Å². The number of rotatable bonds is 14. The van der Waals surface area contributed by atoms with E-state index in [-0.39, 0.29) is 17.6 Å². The van der Waals surface area contributed by atoms with Gasteiger partial charge in [-0.2, -0.15) is 12.6 Å². The summed E-state index contributed by atoms with van der Waals surface area (Å²) in [5.74, 6) is -1.20. The Morgan fingerprint density at radius 1 is 0.867 bits per heavy atom. The van der Waals surface area contributed by atoms with E-state index in [1.54, 1.807) is 6.92 Å². The Bertz CT molecular complexity index is 681. The molecule has 0 bridgehead atoms. The van der Waals surface area contributed by atoms with Crippen LogP contribution in [0.4, 0.5) is 0 Å². The minimum Gasteiger partial charge on any atom is -0.480 e. The molecule has 0 heterocycles. The van der Waals surface area contributed by atoms with Crippen LogP contribution in [0.1, 0.15) is 74.1 Å². The molecule has 0 aromatic carbocycles. The molecule has 0 saturated carbocycles. The van der Waals surface area contributed by atoms with Gasteiger partial charge in [-0.05, 0) is 74.1 Å². The number of thiol groups is 1. The van der Waals surface area contributed by atoms with E-state index in [1.165, 1.54) is 11.1 Å². The predicted molar refractivity (Wildman–Crippen MR) is 131 cm³/mol. The number of carboxylic acids is 1. The van der Waals surface area contributed by atoms with Gasteiger partial charge in [-0.25, -0.2) is 0 Å². The largest absolute Gasteiger partial charge is 0.480 e. The summed E-state index contributed by atoms with van der Waals surface area (Å²) in [5, 5.41) is 12.6. The van der Waals surface area contributed by atoms with Crippen LogP contribution >= 0.6 is 12.6 Å². The van der Waals surface area contributed by atoms with Crippen LogP contribution in [-0.4, -0.2) is 34.7 Å². The average molecular weight is 436 g/mol. The van der Waals surface area contributed by atoms with E-state index >= 15 is 0 Å². The van der Waals surface area contributed by atoms with Crippen molar-refractivity contribution in [2.24, 2.45) is 5.92 Å². The highest BCUT2D eigenvalue weighted by Gasteiger charge is 2.27. The topological polar surface area (TPSA) is 66.4 Å². The van der Waals surface area contributed by atoms with Crippen LogP contribution in [0, 0.1) is 5.92 Å². The maximum absolute atomic E-state index is 12.5. The van der Waals surface area contributed by atoms with E-state index in [4.69, 9.17) is 0 Å². The number of Topliss-reactive ketones (excluding diaryl/α,β-unsaturated/α-hetero) is 1. The Balaban J connectivity index is 5.76. The number of hydrogen-bond donors (Lipinski definition) is 3. The normalized spacial score (nSPS) is 15.2. The minimum atomic E-state index is -0.961. The molecule has 0 aromatic rings. The summed E-state index contributed by atoms with van der Waals surface area (Å²) < 4.78 is 0. The third-order valence-electron chi connectivity index (χ3n) is 4.84. The zero-order chi connectivity index (χ0) is 23.3. The second-order valence-electron chi connectivity index (χ2n) is 8.57. The van der Waals surface area contributed by atoms with Crippen LogP contribution in [0.3, 0.4) is 0 Å². The van der Waals surface area contributed by atoms with Crippen LogP contribution < -0.4 is 5.32 Å². The van der Waals surface area contributed by atoms with Crippen molar-refractivity contribution in [3.63, 3.8) is 0 Å². The van der Waals surface area contributed by atoms with E-state index in [0.29, 0.717) is 0 Å². The van der Waals surface area contributed by atoms with E-state index in [2.05, 4.69) is 57.8 Å². The summed E-state index contributed by atoms with van der Waals surface area (Å²) >= 11 is 4.18. The Labute approximate surface area is 189 Å².